The van der Waals surface area contributed by atoms with E-state index in [9.17, 15) is 4.79 Å². The average molecular weight is 403 g/mol. The highest BCUT2D eigenvalue weighted by atomic mass is 16.1. The van der Waals surface area contributed by atoms with E-state index >= 15 is 0 Å². The highest BCUT2D eigenvalue weighted by Crippen LogP contribution is 2.39. The Morgan fingerprint density at radius 3 is 3.03 bits per heavy atom. The molecule has 1 fully saturated rings. The standard InChI is InChI=1S/C22H25N7O/c1-14(30)26-19-12-28-8-6-16(11-20(28)27-19)3-2-15-4-5-17(10-15)29-9-7-18-21(23)24-13-25-22(18)29/h6-9,11-13,15,17H,2-5,10H2,1H3,(H,26,30)(H2,23,24,25). The number of rotatable bonds is 5. The summed E-state index contributed by atoms with van der Waals surface area (Å²) in [4.78, 5) is 24.3. The molecular weight excluding hydrogens is 378 g/mol. The second kappa shape index (κ2) is 7.44. The smallest absolute Gasteiger partial charge is 0.222 e. The van der Waals surface area contributed by atoms with Crippen LogP contribution in [-0.2, 0) is 11.2 Å². The van der Waals surface area contributed by atoms with Crippen molar-refractivity contribution in [3.05, 3.63) is 48.7 Å². The Bertz CT molecular complexity index is 1220. The Kier molecular flexibility index (Phi) is 4.61. The number of aromatic nitrogens is 5. The molecule has 8 nitrogen and oxygen atoms in total. The number of carbonyl (C=O) groups excluding carboxylic acids is 1. The van der Waals surface area contributed by atoms with Gasteiger partial charge in [-0.25, -0.2) is 15.0 Å². The van der Waals surface area contributed by atoms with Gasteiger partial charge in [0.15, 0.2) is 5.82 Å². The number of carbonyl (C=O) groups is 1. The first-order valence-electron chi connectivity index (χ1n) is 10.4. The number of nitrogen functional groups attached to an aromatic ring is 1. The van der Waals surface area contributed by atoms with Gasteiger partial charge in [0, 0.05) is 25.4 Å². The van der Waals surface area contributed by atoms with E-state index in [1.165, 1.54) is 18.9 Å². The van der Waals surface area contributed by atoms with Crippen LogP contribution < -0.4 is 11.1 Å². The number of nitrogens with one attached hydrogen (secondary N) is 1. The van der Waals surface area contributed by atoms with Gasteiger partial charge in [-0.15, -0.1) is 0 Å². The summed E-state index contributed by atoms with van der Waals surface area (Å²) < 4.78 is 4.21. The zero-order chi connectivity index (χ0) is 20.7. The van der Waals surface area contributed by atoms with E-state index in [1.807, 2.05) is 22.9 Å². The minimum absolute atomic E-state index is 0.112. The molecule has 0 aliphatic heterocycles. The number of pyridine rings is 1. The third kappa shape index (κ3) is 3.49. The van der Waals surface area contributed by atoms with Gasteiger partial charge in [0.25, 0.3) is 0 Å². The van der Waals surface area contributed by atoms with Gasteiger partial charge < -0.3 is 20.0 Å². The predicted molar refractivity (Wildman–Crippen MR) is 116 cm³/mol. The molecule has 0 aromatic carbocycles. The molecule has 1 aliphatic carbocycles. The number of hydrogen-bond donors (Lipinski definition) is 2. The molecule has 30 heavy (non-hydrogen) atoms. The number of fused-ring (bicyclic) bond motifs is 2. The zero-order valence-corrected chi connectivity index (χ0v) is 17.0. The lowest BCUT2D eigenvalue weighted by Crippen LogP contribution is -2.06. The summed E-state index contributed by atoms with van der Waals surface area (Å²) >= 11 is 0. The molecule has 3 N–H and O–H groups in total. The molecule has 154 valence electrons. The number of imidazole rings is 1. The number of nitrogens with two attached hydrogens (primary N) is 1. The minimum atomic E-state index is -0.112. The van der Waals surface area contributed by atoms with Crippen LogP contribution in [0.1, 0.15) is 44.2 Å². The van der Waals surface area contributed by atoms with E-state index in [1.54, 1.807) is 6.33 Å². The first kappa shape index (κ1) is 18.6. The molecule has 5 rings (SSSR count). The van der Waals surface area contributed by atoms with E-state index in [0.717, 1.165) is 42.4 Å². The van der Waals surface area contributed by atoms with Gasteiger partial charge >= 0.3 is 0 Å². The lowest BCUT2D eigenvalue weighted by Gasteiger charge is -2.14. The SMILES string of the molecule is CC(=O)Nc1cn2ccc(CCC3CCC(n4ccc5c(N)ncnc54)C3)cc2n1. The highest BCUT2D eigenvalue weighted by Gasteiger charge is 2.27. The van der Waals surface area contributed by atoms with E-state index in [2.05, 4.69) is 43.2 Å². The van der Waals surface area contributed by atoms with Gasteiger partial charge in [-0.05, 0) is 61.8 Å². The molecule has 0 radical (unpaired) electrons. The van der Waals surface area contributed by atoms with Crippen LogP contribution >= 0.6 is 0 Å². The normalized spacial score (nSPS) is 19.0. The maximum atomic E-state index is 11.2. The van der Waals surface area contributed by atoms with Crippen molar-refractivity contribution < 1.29 is 4.79 Å². The minimum Gasteiger partial charge on any atom is -0.383 e. The second-order valence-electron chi connectivity index (χ2n) is 8.20. The molecule has 1 aliphatic rings. The lowest BCUT2D eigenvalue weighted by molar-refractivity contribution is -0.114. The molecule has 4 aromatic rings. The first-order chi connectivity index (χ1) is 14.6. The summed E-state index contributed by atoms with van der Waals surface area (Å²) in [5.41, 5.74) is 9.05. The predicted octanol–water partition coefficient (Wildman–Crippen LogP) is 3.59. The number of aryl methyl sites for hydroxylation is 1. The Labute approximate surface area is 174 Å². The maximum Gasteiger partial charge on any atom is 0.222 e. The maximum absolute atomic E-state index is 11.2. The molecule has 4 heterocycles. The Morgan fingerprint density at radius 2 is 2.17 bits per heavy atom. The van der Waals surface area contributed by atoms with E-state index in [4.69, 9.17) is 5.73 Å². The van der Waals surface area contributed by atoms with Gasteiger partial charge in [0.2, 0.25) is 5.91 Å². The molecule has 2 atom stereocenters. The zero-order valence-electron chi connectivity index (χ0n) is 17.0. The summed E-state index contributed by atoms with van der Waals surface area (Å²) in [7, 11) is 0. The summed E-state index contributed by atoms with van der Waals surface area (Å²) in [5, 5.41) is 3.67. The van der Waals surface area contributed by atoms with Gasteiger partial charge in [0.05, 0.1) is 11.6 Å². The van der Waals surface area contributed by atoms with Crippen molar-refractivity contribution in [2.75, 3.05) is 11.1 Å². The highest BCUT2D eigenvalue weighted by molar-refractivity contribution is 5.88. The van der Waals surface area contributed by atoms with Crippen molar-refractivity contribution in [2.45, 2.75) is 45.1 Å². The number of nitrogens with zero attached hydrogens (tertiary/aromatic N) is 5. The number of hydrogen-bond acceptors (Lipinski definition) is 5. The van der Waals surface area contributed by atoms with Crippen molar-refractivity contribution in [1.82, 2.24) is 23.9 Å². The van der Waals surface area contributed by atoms with E-state index in [0.29, 0.717) is 23.6 Å². The molecule has 1 saturated carbocycles. The molecule has 4 aromatic heterocycles. The first-order valence-corrected chi connectivity index (χ1v) is 10.4. The van der Waals surface area contributed by atoms with Crippen molar-refractivity contribution in [2.24, 2.45) is 5.92 Å². The molecule has 0 bridgehead atoms. The number of anilines is 2. The van der Waals surface area contributed by atoms with E-state index in [-0.39, 0.29) is 5.91 Å². The van der Waals surface area contributed by atoms with Crippen molar-refractivity contribution in [1.29, 1.82) is 0 Å². The molecule has 1 amide bonds. The van der Waals surface area contributed by atoms with Crippen LogP contribution in [0.5, 0.6) is 0 Å². The largest absolute Gasteiger partial charge is 0.383 e. The van der Waals surface area contributed by atoms with Gasteiger partial charge in [0.1, 0.15) is 23.4 Å². The average Bonchev–Trinajstić information content (AvgIpc) is 3.43. The van der Waals surface area contributed by atoms with Gasteiger partial charge in [-0.3, -0.25) is 4.79 Å². The Balaban J connectivity index is 1.24. The molecular formula is C22H25N7O. The number of amides is 1. The lowest BCUT2D eigenvalue weighted by atomic mass is 9.98. The summed E-state index contributed by atoms with van der Waals surface area (Å²) in [6.07, 6.45) is 13.2. The van der Waals surface area contributed by atoms with Crippen LogP contribution in [0.2, 0.25) is 0 Å². The fourth-order valence-corrected chi connectivity index (χ4v) is 4.64. The van der Waals surface area contributed by atoms with Crippen LogP contribution in [-0.4, -0.2) is 29.8 Å². The fourth-order valence-electron chi connectivity index (χ4n) is 4.64. The van der Waals surface area contributed by atoms with Crippen LogP contribution in [0.25, 0.3) is 16.7 Å². The van der Waals surface area contributed by atoms with Crippen LogP contribution in [0.4, 0.5) is 11.6 Å². The van der Waals surface area contributed by atoms with Gasteiger partial charge in [-0.1, -0.05) is 0 Å². The van der Waals surface area contributed by atoms with Crippen molar-refractivity contribution in [3.63, 3.8) is 0 Å². The topological polar surface area (TPSA) is 103 Å². The van der Waals surface area contributed by atoms with Crippen molar-refractivity contribution in [3.8, 4) is 0 Å². The molecule has 2 unspecified atom stereocenters. The fraction of sp³-hybridized carbons (Fsp3) is 0.364. The third-order valence-corrected chi connectivity index (χ3v) is 6.12. The Hall–Kier alpha value is -3.42. The molecule has 0 spiro atoms. The van der Waals surface area contributed by atoms with E-state index < -0.39 is 0 Å². The van der Waals surface area contributed by atoms with Crippen molar-refractivity contribution >= 4 is 34.2 Å². The quantitative estimate of drug-likeness (QED) is 0.530. The van der Waals surface area contributed by atoms with Crippen LogP contribution in [0.3, 0.4) is 0 Å². The van der Waals surface area contributed by atoms with Crippen LogP contribution in [0.15, 0.2) is 43.1 Å². The summed E-state index contributed by atoms with van der Waals surface area (Å²) in [6.45, 7) is 1.49. The summed E-state index contributed by atoms with van der Waals surface area (Å²) in [5.74, 6) is 1.71. The second-order valence-corrected chi connectivity index (χ2v) is 8.20. The Morgan fingerprint density at radius 1 is 1.27 bits per heavy atom. The van der Waals surface area contributed by atoms with Gasteiger partial charge in [-0.2, -0.15) is 0 Å². The molecule has 0 saturated heterocycles. The third-order valence-electron chi connectivity index (χ3n) is 6.12. The van der Waals surface area contributed by atoms with Crippen LogP contribution in [0, 0.1) is 5.92 Å². The summed E-state index contributed by atoms with van der Waals surface area (Å²) in [6, 6.07) is 6.73. The monoisotopic (exact) mass is 403 g/mol. The molecule has 8 heteroatoms.